The molecule has 0 saturated heterocycles. The number of hydrogen-bond acceptors (Lipinski definition) is 2. The van der Waals surface area contributed by atoms with E-state index >= 15 is 0 Å². The molecule has 8 atom stereocenters. The summed E-state index contributed by atoms with van der Waals surface area (Å²) < 4.78 is 0. The van der Waals surface area contributed by atoms with Crippen molar-refractivity contribution in [3.63, 3.8) is 0 Å². The van der Waals surface area contributed by atoms with Crippen LogP contribution in [0.15, 0.2) is 12.7 Å². The van der Waals surface area contributed by atoms with Crippen molar-refractivity contribution in [2.75, 3.05) is 0 Å². The lowest BCUT2D eigenvalue weighted by atomic mass is 9.49. The van der Waals surface area contributed by atoms with Crippen molar-refractivity contribution in [3.05, 3.63) is 12.7 Å². The van der Waals surface area contributed by atoms with Gasteiger partial charge in [0.25, 0.3) is 0 Å². The summed E-state index contributed by atoms with van der Waals surface area (Å²) in [6.45, 7) is 8.19. The lowest BCUT2D eigenvalue weighted by Gasteiger charge is -2.56. The number of allylic oxidation sites excluding steroid dienone is 1. The van der Waals surface area contributed by atoms with Crippen molar-refractivity contribution >= 4 is 5.78 Å². The largest absolute Gasteiger partial charge is 0.390 e. The molecule has 0 radical (unpaired) electrons. The van der Waals surface area contributed by atoms with Crippen molar-refractivity contribution in [1.29, 1.82) is 0 Å². The van der Waals surface area contributed by atoms with Crippen LogP contribution in [-0.2, 0) is 4.79 Å². The van der Waals surface area contributed by atoms with E-state index in [1.54, 1.807) is 6.08 Å². The van der Waals surface area contributed by atoms with E-state index in [1.165, 1.54) is 38.5 Å². The molecule has 2 nitrogen and oxygen atoms in total. The average molecular weight is 331 g/mol. The van der Waals surface area contributed by atoms with Crippen LogP contribution in [0.2, 0.25) is 0 Å². The van der Waals surface area contributed by atoms with Gasteiger partial charge in [-0.2, -0.15) is 0 Å². The number of carbonyl (C=O) groups is 1. The van der Waals surface area contributed by atoms with Crippen molar-refractivity contribution in [2.24, 2.45) is 40.9 Å². The standard InChI is InChI=1S/C22H34O2/c1-4-20(23)19-8-7-18-17-6-5-14-13-21(2,24)11-9-15(14)16(17)10-12-22(18,19)3/h4,14-19,24H,1,5-13H2,2-3H3/t14-,15-,16+,17+,18-,19+,21+,22-/m0/s1. The predicted molar refractivity (Wildman–Crippen MR) is 96.4 cm³/mol. The van der Waals surface area contributed by atoms with Crippen LogP contribution in [0.3, 0.4) is 0 Å². The third kappa shape index (κ3) is 2.43. The van der Waals surface area contributed by atoms with Crippen LogP contribution in [0, 0.1) is 40.9 Å². The number of aliphatic hydroxyl groups is 1. The Morgan fingerprint density at radius 1 is 1.00 bits per heavy atom. The fourth-order valence-electron chi connectivity index (χ4n) is 7.69. The SMILES string of the molecule is C=CC(=O)[C@H]1CC[C@H]2[C@@H]3CC[C@H]4C[C@](C)(O)CC[C@@H]4[C@H]3CC[C@]12C. The van der Waals surface area contributed by atoms with E-state index in [-0.39, 0.29) is 11.3 Å². The fraction of sp³-hybridized carbons (Fsp3) is 0.864. The van der Waals surface area contributed by atoms with Crippen LogP contribution in [0.5, 0.6) is 0 Å². The molecule has 0 unspecified atom stereocenters. The summed E-state index contributed by atoms with van der Waals surface area (Å²) in [6, 6.07) is 0. The topological polar surface area (TPSA) is 37.3 Å². The lowest BCUT2D eigenvalue weighted by molar-refractivity contribution is -0.128. The molecule has 0 aliphatic heterocycles. The van der Waals surface area contributed by atoms with Gasteiger partial charge in [-0.15, -0.1) is 0 Å². The smallest absolute Gasteiger partial charge is 0.158 e. The van der Waals surface area contributed by atoms with E-state index < -0.39 is 5.60 Å². The van der Waals surface area contributed by atoms with Gasteiger partial charge in [-0.3, -0.25) is 4.79 Å². The van der Waals surface area contributed by atoms with E-state index in [2.05, 4.69) is 13.5 Å². The normalized spacial score (nSPS) is 53.6. The molecule has 0 aromatic rings. The third-order valence-electron chi connectivity index (χ3n) is 8.78. The molecule has 0 spiro atoms. The van der Waals surface area contributed by atoms with Gasteiger partial charge in [-0.05, 0) is 106 Å². The van der Waals surface area contributed by atoms with Crippen LogP contribution in [0.4, 0.5) is 0 Å². The van der Waals surface area contributed by atoms with Crippen LogP contribution >= 0.6 is 0 Å². The number of hydrogen-bond donors (Lipinski definition) is 1. The van der Waals surface area contributed by atoms with Gasteiger partial charge in [0.1, 0.15) is 0 Å². The molecule has 24 heavy (non-hydrogen) atoms. The molecule has 4 rings (SSSR count). The summed E-state index contributed by atoms with van der Waals surface area (Å²) in [6.07, 6.45) is 12.3. The van der Waals surface area contributed by atoms with Crippen molar-refractivity contribution in [2.45, 2.75) is 77.2 Å². The first-order chi connectivity index (χ1) is 11.4. The molecule has 2 heteroatoms. The number of rotatable bonds is 2. The van der Waals surface area contributed by atoms with Gasteiger partial charge in [0.2, 0.25) is 0 Å². The van der Waals surface area contributed by atoms with E-state index in [9.17, 15) is 9.90 Å². The van der Waals surface area contributed by atoms with Crippen LogP contribution in [-0.4, -0.2) is 16.5 Å². The minimum absolute atomic E-state index is 0.222. The minimum Gasteiger partial charge on any atom is -0.390 e. The highest BCUT2D eigenvalue weighted by Gasteiger charge is 2.58. The van der Waals surface area contributed by atoms with E-state index in [4.69, 9.17) is 0 Å². The summed E-state index contributed by atoms with van der Waals surface area (Å²) in [5.41, 5.74) is -0.203. The lowest BCUT2D eigenvalue weighted by Crippen LogP contribution is -2.50. The zero-order valence-corrected chi connectivity index (χ0v) is 15.5. The summed E-state index contributed by atoms with van der Waals surface area (Å²) in [7, 11) is 0. The van der Waals surface area contributed by atoms with Gasteiger partial charge in [0, 0.05) is 5.92 Å². The Labute approximate surface area is 147 Å². The Bertz CT molecular complexity index is 536. The fourth-order valence-corrected chi connectivity index (χ4v) is 7.69. The maximum atomic E-state index is 12.4. The second-order valence-corrected chi connectivity index (χ2v) is 9.96. The molecule has 0 aromatic carbocycles. The van der Waals surface area contributed by atoms with Crippen LogP contribution < -0.4 is 0 Å². The second-order valence-electron chi connectivity index (χ2n) is 9.96. The van der Waals surface area contributed by atoms with Gasteiger partial charge in [-0.1, -0.05) is 13.5 Å². The maximum Gasteiger partial charge on any atom is 0.158 e. The van der Waals surface area contributed by atoms with Crippen molar-refractivity contribution < 1.29 is 9.90 Å². The zero-order chi connectivity index (χ0) is 17.1. The highest BCUT2D eigenvalue weighted by Crippen LogP contribution is 2.64. The Hall–Kier alpha value is -0.630. The Kier molecular flexibility index (Phi) is 3.99. The summed E-state index contributed by atoms with van der Waals surface area (Å²) >= 11 is 0. The molecule has 4 saturated carbocycles. The van der Waals surface area contributed by atoms with Gasteiger partial charge in [0.05, 0.1) is 5.60 Å². The first-order valence-corrected chi connectivity index (χ1v) is 10.2. The van der Waals surface area contributed by atoms with E-state index in [0.717, 1.165) is 48.9 Å². The highest BCUT2D eigenvalue weighted by molar-refractivity contribution is 5.92. The summed E-state index contributed by atoms with van der Waals surface area (Å²) in [5, 5.41) is 10.5. The molecule has 1 N–H and O–H groups in total. The molecule has 134 valence electrons. The number of ketones is 1. The number of carbonyl (C=O) groups excluding carboxylic acids is 1. The predicted octanol–water partition coefficient (Wildman–Crippen LogP) is 4.76. The first-order valence-electron chi connectivity index (χ1n) is 10.2. The number of fused-ring (bicyclic) bond motifs is 5. The van der Waals surface area contributed by atoms with E-state index in [0.29, 0.717) is 5.78 Å². The molecule has 0 heterocycles. The molecule has 0 amide bonds. The van der Waals surface area contributed by atoms with Crippen LogP contribution in [0.1, 0.15) is 71.6 Å². The summed E-state index contributed by atoms with van der Waals surface area (Å²) in [5.74, 6) is 4.53. The molecule has 0 bridgehead atoms. The van der Waals surface area contributed by atoms with Gasteiger partial charge >= 0.3 is 0 Å². The van der Waals surface area contributed by atoms with E-state index in [1.807, 2.05) is 6.92 Å². The molecule has 4 aliphatic carbocycles. The molecule has 4 aliphatic rings. The minimum atomic E-state index is -0.425. The molecular formula is C22H34O2. The Balaban J connectivity index is 1.55. The highest BCUT2D eigenvalue weighted by atomic mass is 16.3. The maximum absolute atomic E-state index is 12.4. The van der Waals surface area contributed by atoms with Crippen LogP contribution in [0.25, 0.3) is 0 Å². The third-order valence-corrected chi connectivity index (χ3v) is 8.78. The summed E-state index contributed by atoms with van der Waals surface area (Å²) in [4.78, 5) is 12.4. The van der Waals surface area contributed by atoms with Crippen molar-refractivity contribution in [1.82, 2.24) is 0 Å². The Morgan fingerprint density at radius 3 is 2.50 bits per heavy atom. The van der Waals surface area contributed by atoms with Crippen molar-refractivity contribution in [3.8, 4) is 0 Å². The van der Waals surface area contributed by atoms with Gasteiger partial charge in [0.15, 0.2) is 5.78 Å². The first kappa shape index (κ1) is 16.8. The quantitative estimate of drug-likeness (QED) is 0.741. The Morgan fingerprint density at radius 2 is 1.75 bits per heavy atom. The van der Waals surface area contributed by atoms with Gasteiger partial charge in [-0.25, -0.2) is 0 Å². The zero-order valence-electron chi connectivity index (χ0n) is 15.5. The average Bonchev–Trinajstić information content (AvgIpc) is 2.90. The molecule has 0 aromatic heterocycles. The monoisotopic (exact) mass is 330 g/mol. The van der Waals surface area contributed by atoms with Gasteiger partial charge < -0.3 is 5.11 Å². The molecular weight excluding hydrogens is 296 g/mol. The second kappa shape index (κ2) is 5.69. The molecule has 4 fully saturated rings.